The molecule has 0 aliphatic rings. The van der Waals surface area contributed by atoms with Crippen molar-refractivity contribution in [3.05, 3.63) is 28.8 Å². The summed E-state index contributed by atoms with van der Waals surface area (Å²) in [5.41, 5.74) is 11.5. The number of rotatable bonds is 7. The van der Waals surface area contributed by atoms with Gasteiger partial charge in [-0.05, 0) is 43.0 Å². The van der Waals surface area contributed by atoms with Gasteiger partial charge >= 0.3 is 0 Å². The Labute approximate surface area is 130 Å². The molecule has 0 aliphatic heterocycles. The van der Waals surface area contributed by atoms with Crippen LogP contribution in [0.25, 0.3) is 0 Å². The van der Waals surface area contributed by atoms with Crippen molar-refractivity contribution < 1.29 is 9.59 Å². The molecule has 1 aromatic rings. The molecule has 0 fully saturated rings. The van der Waals surface area contributed by atoms with Gasteiger partial charge in [0.25, 0.3) is 0 Å². The summed E-state index contributed by atoms with van der Waals surface area (Å²) in [6.45, 7) is 4.79. The van der Waals surface area contributed by atoms with E-state index in [-0.39, 0.29) is 21.9 Å². The van der Waals surface area contributed by atoms with Crippen LogP contribution in [0.3, 0.4) is 0 Å². The molecule has 0 unspecified atom stereocenters. The normalized spacial score (nSPS) is 11.2. The standard InChI is InChI=1S/C15H22ClN3O2/c1-15(2,7-8-17)6-5-13(20)19-10-3-4-11(14(18)21)12(16)9-10/h3-4,9H,5-8,17H2,1-2H3,(H2,18,21)(H,19,20). The lowest BCUT2D eigenvalue weighted by molar-refractivity contribution is -0.116. The molecule has 0 radical (unpaired) electrons. The van der Waals surface area contributed by atoms with E-state index in [1.165, 1.54) is 12.1 Å². The minimum absolute atomic E-state index is 0.0412. The van der Waals surface area contributed by atoms with E-state index in [1.807, 2.05) is 0 Å². The van der Waals surface area contributed by atoms with E-state index < -0.39 is 5.91 Å². The van der Waals surface area contributed by atoms with Crippen LogP contribution in [0.2, 0.25) is 5.02 Å². The van der Waals surface area contributed by atoms with Gasteiger partial charge in [0.05, 0.1) is 10.6 Å². The second-order valence-electron chi connectivity index (χ2n) is 5.81. The van der Waals surface area contributed by atoms with Gasteiger partial charge in [-0.15, -0.1) is 0 Å². The molecule has 6 heteroatoms. The summed E-state index contributed by atoms with van der Waals surface area (Å²) in [5, 5.41) is 2.98. The Morgan fingerprint density at radius 2 is 1.95 bits per heavy atom. The molecule has 0 aromatic heterocycles. The average molecular weight is 312 g/mol. The fourth-order valence-electron chi connectivity index (χ4n) is 1.98. The number of benzene rings is 1. The molecule has 1 rings (SSSR count). The van der Waals surface area contributed by atoms with Crippen molar-refractivity contribution in [3.8, 4) is 0 Å². The maximum atomic E-state index is 11.9. The summed E-state index contributed by atoms with van der Waals surface area (Å²) >= 11 is 5.93. The first-order chi connectivity index (χ1) is 9.75. The molecule has 1 aromatic carbocycles. The molecular formula is C15H22ClN3O2. The summed E-state index contributed by atoms with van der Waals surface area (Å²) in [6, 6.07) is 4.62. The predicted octanol–water partition coefficient (Wildman–Crippen LogP) is 2.53. The summed E-state index contributed by atoms with van der Waals surface area (Å²) in [5.74, 6) is -0.690. The minimum atomic E-state index is -0.596. The van der Waals surface area contributed by atoms with Crippen LogP contribution in [-0.4, -0.2) is 18.4 Å². The molecule has 116 valence electrons. The Kier molecular flexibility index (Phi) is 6.18. The van der Waals surface area contributed by atoms with E-state index in [9.17, 15) is 9.59 Å². The van der Waals surface area contributed by atoms with E-state index in [1.54, 1.807) is 6.07 Å². The van der Waals surface area contributed by atoms with E-state index in [2.05, 4.69) is 19.2 Å². The molecule has 0 saturated heterocycles. The van der Waals surface area contributed by atoms with Crippen LogP contribution in [0.1, 0.15) is 43.5 Å². The lowest BCUT2D eigenvalue weighted by Gasteiger charge is -2.23. The maximum absolute atomic E-state index is 11.9. The molecular weight excluding hydrogens is 290 g/mol. The van der Waals surface area contributed by atoms with Gasteiger partial charge in [0.2, 0.25) is 11.8 Å². The van der Waals surface area contributed by atoms with Gasteiger partial charge in [0.1, 0.15) is 0 Å². The van der Waals surface area contributed by atoms with Crippen molar-refractivity contribution in [1.82, 2.24) is 0 Å². The van der Waals surface area contributed by atoms with Crippen LogP contribution in [0.5, 0.6) is 0 Å². The molecule has 5 N–H and O–H groups in total. The third-order valence-electron chi connectivity index (χ3n) is 3.37. The van der Waals surface area contributed by atoms with Crippen molar-refractivity contribution in [2.24, 2.45) is 16.9 Å². The van der Waals surface area contributed by atoms with E-state index in [0.29, 0.717) is 18.7 Å². The molecule has 0 bridgehead atoms. The molecule has 2 amide bonds. The Morgan fingerprint density at radius 3 is 2.48 bits per heavy atom. The maximum Gasteiger partial charge on any atom is 0.250 e. The fourth-order valence-corrected chi connectivity index (χ4v) is 2.26. The Balaban J connectivity index is 2.59. The molecule has 0 saturated carbocycles. The highest BCUT2D eigenvalue weighted by atomic mass is 35.5. The largest absolute Gasteiger partial charge is 0.366 e. The van der Waals surface area contributed by atoms with Gasteiger partial charge in [-0.25, -0.2) is 0 Å². The van der Waals surface area contributed by atoms with Gasteiger partial charge in [-0.1, -0.05) is 25.4 Å². The molecule has 0 heterocycles. The van der Waals surface area contributed by atoms with Crippen molar-refractivity contribution in [2.75, 3.05) is 11.9 Å². The Bertz CT molecular complexity index is 530. The number of hydrogen-bond acceptors (Lipinski definition) is 3. The number of nitrogens with two attached hydrogens (primary N) is 2. The fraction of sp³-hybridized carbons (Fsp3) is 0.467. The molecule has 5 nitrogen and oxygen atoms in total. The van der Waals surface area contributed by atoms with E-state index >= 15 is 0 Å². The zero-order chi connectivity index (χ0) is 16.0. The number of carbonyl (C=O) groups excluding carboxylic acids is 2. The van der Waals surface area contributed by atoms with Crippen LogP contribution >= 0.6 is 11.6 Å². The first-order valence-corrected chi connectivity index (χ1v) is 7.22. The molecule has 21 heavy (non-hydrogen) atoms. The first kappa shape index (κ1) is 17.5. The minimum Gasteiger partial charge on any atom is -0.366 e. The number of halogens is 1. The van der Waals surface area contributed by atoms with Gasteiger partial charge in [-0.3, -0.25) is 9.59 Å². The van der Waals surface area contributed by atoms with Crippen molar-refractivity contribution in [1.29, 1.82) is 0 Å². The highest BCUT2D eigenvalue weighted by molar-refractivity contribution is 6.34. The monoisotopic (exact) mass is 311 g/mol. The highest BCUT2D eigenvalue weighted by Crippen LogP contribution is 2.26. The van der Waals surface area contributed by atoms with Crippen LogP contribution in [0, 0.1) is 5.41 Å². The summed E-state index contributed by atoms with van der Waals surface area (Å²) in [7, 11) is 0. The van der Waals surface area contributed by atoms with Crippen molar-refractivity contribution in [3.63, 3.8) is 0 Å². The number of amides is 2. The van der Waals surface area contributed by atoms with Gasteiger partial charge in [0.15, 0.2) is 0 Å². The molecule has 0 spiro atoms. The lowest BCUT2D eigenvalue weighted by atomic mass is 9.84. The number of hydrogen-bond donors (Lipinski definition) is 3. The Hall–Kier alpha value is -1.59. The number of anilines is 1. The third kappa shape index (κ3) is 5.73. The second kappa shape index (κ2) is 7.43. The van der Waals surface area contributed by atoms with Crippen molar-refractivity contribution >= 4 is 29.1 Å². The first-order valence-electron chi connectivity index (χ1n) is 6.84. The lowest BCUT2D eigenvalue weighted by Crippen LogP contribution is -2.20. The smallest absolute Gasteiger partial charge is 0.250 e. The second-order valence-corrected chi connectivity index (χ2v) is 6.22. The summed E-state index contributed by atoms with van der Waals surface area (Å²) in [6.07, 6.45) is 2.03. The van der Waals surface area contributed by atoms with Crippen LogP contribution in [0.4, 0.5) is 5.69 Å². The van der Waals surface area contributed by atoms with Gasteiger partial charge in [0, 0.05) is 12.1 Å². The number of carbonyl (C=O) groups is 2. The summed E-state index contributed by atoms with van der Waals surface area (Å²) in [4.78, 5) is 23.0. The van der Waals surface area contributed by atoms with Crippen LogP contribution in [0.15, 0.2) is 18.2 Å². The SMILES string of the molecule is CC(C)(CCN)CCC(=O)Nc1ccc(C(N)=O)c(Cl)c1. The zero-order valence-electron chi connectivity index (χ0n) is 12.4. The quantitative estimate of drug-likeness (QED) is 0.721. The number of primary amides is 1. The summed E-state index contributed by atoms with van der Waals surface area (Å²) < 4.78 is 0. The third-order valence-corrected chi connectivity index (χ3v) is 3.68. The van der Waals surface area contributed by atoms with E-state index in [4.69, 9.17) is 23.1 Å². The predicted molar refractivity (Wildman–Crippen MR) is 85.3 cm³/mol. The van der Waals surface area contributed by atoms with Crippen LogP contribution < -0.4 is 16.8 Å². The van der Waals surface area contributed by atoms with Crippen molar-refractivity contribution in [2.45, 2.75) is 33.1 Å². The van der Waals surface area contributed by atoms with Gasteiger partial charge in [-0.2, -0.15) is 0 Å². The topological polar surface area (TPSA) is 98.2 Å². The highest BCUT2D eigenvalue weighted by Gasteiger charge is 2.18. The molecule has 0 aliphatic carbocycles. The average Bonchev–Trinajstić information content (AvgIpc) is 2.36. The Morgan fingerprint density at radius 1 is 1.29 bits per heavy atom. The number of nitrogens with one attached hydrogen (secondary N) is 1. The van der Waals surface area contributed by atoms with Crippen LogP contribution in [-0.2, 0) is 4.79 Å². The van der Waals surface area contributed by atoms with E-state index in [0.717, 1.165) is 12.8 Å². The molecule has 0 atom stereocenters. The van der Waals surface area contributed by atoms with Gasteiger partial charge < -0.3 is 16.8 Å². The zero-order valence-corrected chi connectivity index (χ0v) is 13.2.